The highest BCUT2D eigenvalue weighted by Gasteiger charge is 2.07. The summed E-state index contributed by atoms with van der Waals surface area (Å²) in [7, 11) is 0. The molecule has 0 aliphatic carbocycles. The van der Waals surface area contributed by atoms with Gasteiger partial charge in [0.15, 0.2) is 5.78 Å². The Labute approximate surface area is 77.7 Å². The molecule has 13 heavy (non-hydrogen) atoms. The van der Waals surface area contributed by atoms with Crippen molar-refractivity contribution in [2.45, 2.75) is 26.8 Å². The number of hydrogen-bond acceptors (Lipinski definition) is 3. The number of carbonyl (C=O) groups excluding carboxylic acids is 1. The standard InChI is InChI=1S/C9H15N3O/c1-3-12-8(4-7(2)11-12)5-9(13)6-10/h4H,3,5-6,10H2,1-2H3. The third kappa shape index (κ3) is 2.39. The van der Waals surface area contributed by atoms with Gasteiger partial charge in [-0.05, 0) is 19.9 Å². The van der Waals surface area contributed by atoms with Gasteiger partial charge in [-0.25, -0.2) is 0 Å². The van der Waals surface area contributed by atoms with E-state index < -0.39 is 0 Å². The number of Topliss-reactive ketones (excluding diaryl/α,β-unsaturated/α-hetero) is 1. The van der Waals surface area contributed by atoms with Gasteiger partial charge < -0.3 is 5.73 Å². The minimum atomic E-state index is 0.0506. The monoisotopic (exact) mass is 181 g/mol. The molecule has 1 heterocycles. The average molecular weight is 181 g/mol. The second kappa shape index (κ2) is 4.18. The maximum atomic E-state index is 11.1. The van der Waals surface area contributed by atoms with Crippen LogP contribution in [-0.4, -0.2) is 22.1 Å². The summed E-state index contributed by atoms with van der Waals surface area (Å²) in [5.41, 5.74) is 7.14. The zero-order valence-electron chi connectivity index (χ0n) is 8.08. The maximum Gasteiger partial charge on any atom is 0.152 e. The first-order valence-electron chi connectivity index (χ1n) is 4.42. The molecule has 0 unspecified atom stereocenters. The first-order valence-corrected chi connectivity index (χ1v) is 4.42. The molecule has 0 bridgehead atoms. The van der Waals surface area contributed by atoms with Crippen LogP contribution < -0.4 is 5.73 Å². The molecule has 0 saturated carbocycles. The van der Waals surface area contributed by atoms with Crippen molar-refractivity contribution in [1.29, 1.82) is 0 Å². The van der Waals surface area contributed by atoms with Crippen molar-refractivity contribution in [3.8, 4) is 0 Å². The van der Waals surface area contributed by atoms with Crippen molar-refractivity contribution >= 4 is 5.78 Å². The molecule has 4 nitrogen and oxygen atoms in total. The number of ketones is 1. The van der Waals surface area contributed by atoms with Crippen LogP contribution in [0.2, 0.25) is 0 Å². The second-order valence-electron chi connectivity index (χ2n) is 3.01. The van der Waals surface area contributed by atoms with Crippen molar-refractivity contribution in [2.75, 3.05) is 6.54 Å². The summed E-state index contributed by atoms with van der Waals surface area (Å²) in [6.45, 7) is 4.82. The number of carbonyl (C=O) groups is 1. The molecule has 0 spiro atoms. The quantitative estimate of drug-likeness (QED) is 0.725. The fourth-order valence-electron chi connectivity index (χ4n) is 1.29. The van der Waals surface area contributed by atoms with E-state index in [-0.39, 0.29) is 12.3 Å². The largest absolute Gasteiger partial charge is 0.324 e. The average Bonchev–Trinajstić information content (AvgIpc) is 2.46. The van der Waals surface area contributed by atoms with E-state index >= 15 is 0 Å². The Morgan fingerprint density at radius 2 is 2.38 bits per heavy atom. The normalized spacial score (nSPS) is 10.4. The number of nitrogens with zero attached hydrogens (tertiary/aromatic N) is 2. The Kier molecular flexibility index (Phi) is 3.19. The van der Waals surface area contributed by atoms with E-state index in [1.165, 1.54) is 0 Å². The zero-order valence-corrected chi connectivity index (χ0v) is 8.08. The minimum absolute atomic E-state index is 0.0506. The fourth-order valence-corrected chi connectivity index (χ4v) is 1.29. The van der Waals surface area contributed by atoms with Gasteiger partial charge in [-0.2, -0.15) is 5.10 Å². The van der Waals surface area contributed by atoms with Crippen LogP contribution >= 0.6 is 0 Å². The summed E-state index contributed by atoms with van der Waals surface area (Å²) in [5.74, 6) is 0.0506. The molecule has 72 valence electrons. The highest BCUT2D eigenvalue weighted by Crippen LogP contribution is 2.04. The molecular formula is C9H15N3O. The second-order valence-corrected chi connectivity index (χ2v) is 3.01. The highest BCUT2D eigenvalue weighted by atomic mass is 16.1. The van der Waals surface area contributed by atoms with Crippen molar-refractivity contribution in [3.05, 3.63) is 17.5 Å². The third-order valence-electron chi connectivity index (χ3n) is 1.89. The molecule has 4 heteroatoms. The van der Waals surface area contributed by atoms with Gasteiger partial charge in [-0.3, -0.25) is 9.48 Å². The number of hydrogen-bond donors (Lipinski definition) is 1. The van der Waals surface area contributed by atoms with E-state index in [0.29, 0.717) is 6.42 Å². The van der Waals surface area contributed by atoms with Crippen LogP contribution in [0.5, 0.6) is 0 Å². The van der Waals surface area contributed by atoms with Crippen LogP contribution in [0.3, 0.4) is 0 Å². The van der Waals surface area contributed by atoms with Gasteiger partial charge in [0.1, 0.15) is 0 Å². The van der Waals surface area contributed by atoms with Crippen LogP contribution in [0.1, 0.15) is 18.3 Å². The summed E-state index contributed by atoms with van der Waals surface area (Å²) in [4.78, 5) is 11.1. The predicted octanol–water partition coefficient (Wildman–Crippen LogP) is 0.282. The van der Waals surface area contributed by atoms with Crippen molar-refractivity contribution in [2.24, 2.45) is 5.73 Å². The Hall–Kier alpha value is -1.16. The van der Waals surface area contributed by atoms with Gasteiger partial charge in [0.25, 0.3) is 0 Å². The summed E-state index contributed by atoms with van der Waals surface area (Å²) in [6, 6.07) is 1.93. The Balaban J connectivity index is 2.80. The summed E-state index contributed by atoms with van der Waals surface area (Å²) < 4.78 is 1.84. The van der Waals surface area contributed by atoms with E-state index in [4.69, 9.17) is 5.73 Å². The lowest BCUT2D eigenvalue weighted by molar-refractivity contribution is -0.117. The van der Waals surface area contributed by atoms with Crippen LogP contribution in [-0.2, 0) is 17.8 Å². The molecule has 2 N–H and O–H groups in total. The van der Waals surface area contributed by atoms with Crippen LogP contribution in [0, 0.1) is 6.92 Å². The Morgan fingerprint density at radius 1 is 1.69 bits per heavy atom. The van der Waals surface area contributed by atoms with Crippen molar-refractivity contribution in [1.82, 2.24) is 9.78 Å². The first-order chi connectivity index (χ1) is 6.17. The molecule has 0 amide bonds. The lowest BCUT2D eigenvalue weighted by Crippen LogP contribution is -2.17. The van der Waals surface area contributed by atoms with Gasteiger partial charge >= 0.3 is 0 Å². The van der Waals surface area contributed by atoms with Crippen molar-refractivity contribution < 1.29 is 4.79 Å². The van der Waals surface area contributed by atoms with Crippen LogP contribution in [0.25, 0.3) is 0 Å². The molecule has 1 aromatic heterocycles. The Bertz CT molecular complexity index is 304. The first kappa shape index (κ1) is 9.92. The highest BCUT2D eigenvalue weighted by molar-refractivity contribution is 5.82. The molecule has 0 aliphatic heterocycles. The maximum absolute atomic E-state index is 11.1. The minimum Gasteiger partial charge on any atom is -0.324 e. The van der Waals surface area contributed by atoms with Crippen LogP contribution in [0.15, 0.2) is 6.07 Å². The van der Waals surface area contributed by atoms with Gasteiger partial charge in [0.05, 0.1) is 12.2 Å². The topological polar surface area (TPSA) is 60.9 Å². The van der Waals surface area contributed by atoms with E-state index in [2.05, 4.69) is 5.10 Å². The number of rotatable bonds is 4. The number of aryl methyl sites for hydroxylation is 2. The van der Waals surface area contributed by atoms with Gasteiger partial charge in [-0.15, -0.1) is 0 Å². The summed E-state index contributed by atoms with van der Waals surface area (Å²) in [6.07, 6.45) is 0.394. The molecule has 0 aliphatic rings. The molecule has 0 fully saturated rings. The Morgan fingerprint density at radius 3 is 2.92 bits per heavy atom. The van der Waals surface area contributed by atoms with E-state index in [0.717, 1.165) is 17.9 Å². The van der Waals surface area contributed by atoms with E-state index in [1.807, 2.05) is 24.6 Å². The smallest absolute Gasteiger partial charge is 0.152 e. The third-order valence-corrected chi connectivity index (χ3v) is 1.89. The molecule has 1 aromatic rings. The lowest BCUT2D eigenvalue weighted by Gasteiger charge is -2.01. The number of nitrogens with two attached hydrogens (primary N) is 1. The molecule has 0 radical (unpaired) electrons. The molecular weight excluding hydrogens is 166 g/mol. The molecule has 0 saturated heterocycles. The number of aromatic nitrogens is 2. The SMILES string of the molecule is CCn1nc(C)cc1CC(=O)CN. The van der Waals surface area contributed by atoms with Crippen LogP contribution in [0.4, 0.5) is 0 Å². The van der Waals surface area contributed by atoms with E-state index in [9.17, 15) is 4.79 Å². The predicted molar refractivity (Wildman–Crippen MR) is 50.4 cm³/mol. The molecule has 0 atom stereocenters. The van der Waals surface area contributed by atoms with Gasteiger partial charge in [0.2, 0.25) is 0 Å². The summed E-state index contributed by atoms with van der Waals surface area (Å²) in [5, 5.41) is 4.24. The fraction of sp³-hybridized carbons (Fsp3) is 0.556. The molecule has 0 aromatic carbocycles. The summed E-state index contributed by atoms with van der Waals surface area (Å²) >= 11 is 0. The lowest BCUT2D eigenvalue weighted by atomic mass is 10.2. The van der Waals surface area contributed by atoms with Gasteiger partial charge in [0, 0.05) is 18.7 Å². The van der Waals surface area contributed by atoms with E-state index in [1.54, 1.807) is 0 Å². The zero-order chi connectivity index (χ0) is 9.84. The van der Waals surface area contributed by atoms with Gasteiger partial charge in [-0.1, -0.05) is 0 Å². The van der Waals surface area contributed by atoms with Crippen molar-refractivity contribution in [3.63, 3.8) is 0 Å². The molecule has 1 rings (SSSR count).